The first-order chi connectivity index (χ1) is 9.88. The van der Waals surface area contributed by atoms with Gasteiger partial charge in [0, 0.05) is 49.0 Å². The fourth-order valence-corrected chi connectivity index (χ4v) is 3.26. The predicted octanol–water partition coefficient (Wildman–Crippen LogP) is 2.82. The van der Waals surface area contributed by atoms with Crippen LogP contribution in [0.4, 0.5) is 0 Å². The summed E-state index contributed by atoms with van der Waals surface area (Å²) in [6.45, 7) is 2.50. The van der Waals surface area contributed by atoms with E-state index in [0.717, 1.165) is 30.3 Å². The van der Waals surface area contributed by atoms with Crippen LogP contribution in [0.15, 0.2) is 24.5 Å². The summed E-state index contributed by atoms with van der Waals surface area (Å²) in [5, 5.41) is 4.51. The average molecular weight is 289 g/mol. The van der Waals surface area contributed by atoms with Gasteiger partial charge in [-0.2, -0.15) is 0 Å². The number of nitrogens with one attached hydrogen (secondary N) is 1. The minimum absolute atomic E-state index is 0.677. The third-order valence-electron chi connectivity index (χ3n) is 3.37. The summed E-state index contributed by atoms with van der Waals surface area (Å²) in [4.78, 5) is 10.4. The second kappa shape index (κ2) is 6.43. The van der Waals surface area contributed by atoms with Gasteiger partial charge in [-0.15, -0.1) is 11.3 Å². The molecule has 0 aliphatic heterocycles. The minimum atomic E-state index is 0.677. The van der Waals surface area contributed by atoms with E-state index in [9.17, 15) is 0 Å². The number of hydrogen-bond donors (Lipinski definition) is 1. The lowest BCUT2D eigenvalue weighted by molar-refractivity contribution is 0.199. The van der Waals surface area contributed by atoms with Gasteiger partial charge in [-0.25, -0.2) is 4.98 Å². The van der Waals surface area contributed by atoms with Crippen LogP contribution >= 0.6 is 11.3 Å². The number of methoxy groups -OCH3 is 1. The number of hydrogen-bond acceptors (Lipinski definition) is 5. The summed E-state index contributed by atoms with van der Waals surface area (Å²) in [7, 11) is 1.73. The molecule has 0 bridgehead atoms. The Morgan fingerprint density at radius 3 is 3.05 bits per heavy atom. The van der Waals surface area contributed by atoms with Gasteiger partial charge in [0.25, 0.3) is 0 Å². The van der Waals surface area contributed by atoms with Crippen LogP contribution in [0.1, 0.15) is 29.3 Å². The molecule has 2 heterocycles. The normalized spacial score (nSPS) is 14.7. The van der Waals surface area contributed by atoms with Crippen molar-refractivity contribution in [2.75, 3.05) is 20.3 Å². The lowest BCUT2D eigenvalue weighted by Gasteiger charge is -2.03. The molecule has 1 saturated carbocycles. The third-order valence-corrected chi connectivity index (χ3v) is 4.49. The lowest BCUT2D eigenvalue weighted by Crippen LogP contribution is -2.18. The standard InChI is InChI=1S/C15H19N3OS/c1-19-8-7-17-10-13-14(11-4-5-11)18-15(20-13)12-3-2-6-16-9-12/h2-3,6,9,11,17H,4-5,7-8,10H2,1H3. The Morgan fingerprint density at radius 1 is 1.45 bits per heavy atom. The molecule has 1 aliphatic rings. The van der Waals surface area contributed by atoms with Crippen molar-refractivity contribution in [3.8, 4) is 10.6 Å². The number of pyridine rings is 1. The van der Waals surface area contributed by atoms with Gasteiger partial charge < -0.3 is 10.1 Å². The van der Waals surface area contributed by atoms with Gasteiger partial charge in [0.05, 0.1) is 12.3 Å². The summed E-state index contributed by atoms with van der Waals surface area (Å²) < 4.78 is 5.06. The Bertz CT molecular complexity index is 552. The lowest BCUT2D eigenvalue weighted by atomic mass is 10.2. The topological polar surface area (TPSA) is 47.0 Å². The van der Waals surface area contributed by atoms with Crippen molar-refractivity contribution in [2.24, 2.45) is 0 Å². The van der Waals surface area contributed by atoms with Gasteiger partial charge in [-0.1, -0.05) is 0 Å². The van der Waals surface area contributed by atoms with Gasteiger partial charge in [-0.3, -0.25) is 4.98 Å². The minimum Gasteiger partial charge on any atom is -0.383 e. The molecule has 106 valence electrons. The molecule has 0 spiro atoms. The van der Waals surface area contributed by atoms with Gasteiger partial charge in [0.2, 0.25) is 0 Å². The van der Waals surface area contributed by atoms with Gasteiger partial charge in [0.1, 0.15) is 5.01 Å². The Kier molecular flexibility index (Phi) is 4.40. The van der Waals surface area contributed by atoms with E-state index in [1.807, 2.05) is 12.3 Å². The Hall–Kier alpha value is -1.30. The first-order valence-electron chi connectivity index (χ1n) is 6.98. The van der Waals surface area contributed by atoms with Crippen molar-refractivity contribution in [3.63, 3.8) is 0 Å². The highest BCUT2D eigenvalue weighted by Crippen LogP contribution is 2.44. The molecule has 1 N–H and O–H groups in total. The van der Waals surface area contributed by atoms with Crippen molar-refractivity contribution in [3.05, 3.63) is 35.1 Å². The van der Waals surface area contributed by atoms with Crippen LogP contribution in [0.2, 0.25) is 0 Å². The highest BCUT2D eigenvalue weighted by Gasteiger charge is 2.29. The number of ether oxygens (including phenoxy) is 1. The Balaban J connectivity index is 1.76. The largest absolute Gasteiger partial charge is 0.383 e. The molecule has 2 aromatic rings. The monoisotopic (exact) mass is 289 g/mol. The quantitative estimate of drug-likeness (QED) is 0.796. The number of aromatic nitrogens is 2. The summed E-state index contributed by atoms with van der Waals surface area (Å²) in [5.41, 5.74) is 2.40. The third kappa shape index (κ3) is 3.23. The van der Waals surface area contributed by atoms with Gasteiger partial charge in [-0.05, 0) is 25.0 Å². The zero-order valence-corrected chi connectivity index (χ0v) is 12.4. The maximum absolute atomic E-state index is 5.06. The molecule has 4 nitrogen and oxygen atoms in total. The summed E-state index contributed by atoms with van der Waals surface area (Å²) in [6.07, 6.45) is 6.24. The molecule has 0 amide bonds. The van der Waals surface area contributed by atoms with E-state index in [4.69, 9.17) is 9.72 Å². The Morgan fingerprint density at radius 2 is 2.35 bits per heavy atom. The van der Waals surface area contributed by atoms with Crippen molar-refractivity contribution >= 4 is 11.3 Å². The first-order valence-corrected chi connectivity index (χ1v) is 7.80. The average Bonchev–Trinajstić information content (AvgIpc) is 3.25. The van der Waals surface area contributed by atoms with Crippen molar-refractivity contribution in [1.29, 1.82) is 0 Å². The van der Waals surface area contributed by atoms with Gasteiger partial charge >= 0.3 is 0 Å². The summed E-state index contributed by atoms with van der Waals surface area (Å²) in [6, 6.07) is 4.04. The number of thiazole rings is 1. The summed E-state index contributed by atoms with van der Waals surface area (Å²) in [5.74, 6) is 0.677. The fraction of sp³-hybridized carbons (Fsp3) is 0.467. The van der Waals surface area contributed by atoms with E-state index < -0.39 is 0 Å². The van der Waals surface area contributed by atoms with Crippen LogP contribution in [-0.4, -0.2) is 30.2 Å². The van der Waals surface area contributed by atoms with E-state index in [2.05, 4.69) is 16.4 Å². The predicted molar refractivity (Wildman–Crippen MR) is 80.9 cm³/mol. The van der Waals surface area contributed by atoms with Crippen LogP contribution in [0.25, 0.3) is 10.6 Å². The molecular formula is C15H19N3OS. The molecule has 1 fully saturated rings. The zero-order chi connectivity index (χ0) is 13.8. The van der Waals surface area contributed by atoms with E-state index in [1.165, 1.54) is 23.4 Å². The highest BCUT2D eigenvalue weighted by atomic mass is 32.1. The molecule has 20 heavy (non-hydrogen) atoms. The van der Waals surface area contributed by atoms with E-state index >= 15 is 0 Å². The summed E-state index contributed by atoms with van der Waals surface area (Å²) >= 11 is 1.78. The molecule has 0 atom stereocenters. The zero-order valence-electron chi connectivity index (χ0n) is 11.6. The molecule has 0 radical (unpaired) electrons. The SMILES string of the molecule is COCCNCc1sc(-c2cccnc2)nc1C1CC1. The van der Waals surface area contributed by atoms with Crippen molar-refractivity contribution < 1.29 is 4.74 Å². The number of nitrogens with zero attached hydrogens (tertiary/aromatic N) is 2. The molecule has 5 heteroatoms. The van der Waals surface area contributed by atoms with Crippen LogP contribution in [0.3, 0.4) is 0 Å². The molecular weight excluding hydrogens is 270 g/mol. The van der Waals surface area contributed by atoms with E-state index in [1.54, 1.807) is 24.6 Å². The second-order valence-corrected chi connectivity index (χ2v) is 6.10. The van der Waals surface area contributed by atoms with E-state index in [-0.39, 0.29) is 0 Å². The Labute approximate surface area is 123 Å². The number of rotatable bonds is 7. The molecule has 3 rings (SSSR count). The maximum atomic E-state index is 5.06. The maximum Gasteiger partial charge on any atom is 0.125 e. The molecule has 0 unspecified atom stereocenters. The van der Waals surface area contributed by atoms with Crippen molar-refractivity contribution in [1.82, 2.24) is 15.3 Å². The van der Waals surface area contributed by atoms with Gasteiger partial charge in [0.15, 0.2) is 0 Å². The molecule has 2 aromatic heterocycles. The van der Waals surface area contributed by atoms with Crippen LogP contribution < -0.4 is 5.32 Å². The first kappa shape index (κ1) is 13.7. The molecule has 1 aliphatic carbocycles. The molecule has 0 saturated heterocycles. The van der Waals surface area contributed by atoms with E-state index in [0.29, 0.717) is 5.92 Å². The fourth-order valence-electron chi connectivity index (χ4n) is 2.15. The van der Waals surface area contributed by atoms with Crippen molar-refractivity contribution in [2.45, 2.75) is 25.3 Å². The smallest absolute Gasteiger partial charge is 0.125 e. The van der Waals surface area contributed by atoms with Crippen LogP contribution in [0, 0.1) is 0 Å². The van der Waals surface area contributed by atoms with Crippen LogP contribution in [-0.2, 0) is 11.3 Å². The highest BCUT2D eigenvalue weighted by molar-refractivity contribution is 7.15. The van der Waals surface area contributed by atoms with Crippen LogP contribution in [0.5, 0.6) is 0 Å². The molecule has 0 aromatic carbocycles. The second-order valence-electron chi connectivity index (χ2n) is 5.01.